The largest absolute Gasteiger partial charge is 0.354 e. The summed E-state index contributed by atoms with van der Waals surface area (Å²) in [4.78, 5) is 6.84. The molecular formula is C17H28ClIN4. The number of rotatable bonds is 4. The van der Waals surface area contributed by atoms with E-state index in [-0.39, 0.29) is 24.0 Å². The molecule has 0 radical (unpaired) electrons. The highest BCUT2D eigenvalue weighted by Crippen LogP contribution is 2.15. The Morgan fingerprint density at radius 3 is 2.52 bits per heavy atom. The van der Waals surface area contributed by atoms with Crippen LogP contribution in [0.25, 0.3) is 0 Å². The maximum Gasteiger partial charge on any atom is 0.191 e. The van der Waals surface area contributed by atoms with Crippen LogP contribution >= 0.6 is 35.6 Å². The zero-order valence-corrected chi connectivity index (χ0v) is 17.3. The van der Waals surface area contributed by atoms with Crippen molar-refractivity contribution >= 4 is 41.5 Å². The molecule has 0 aromatic heterocycles. The van der Waals surface area contributed by atoms with Gasteiger partial charge in [0.15, 0.2) is 5.96 Å². The molecule has 1 aliphatic heterocycles. The highest BCUT2D eigenvalue weighted by Gasteiger charge is 2.21. The molecular weight excluding hydrogens is 423 g/mol. The Morgan fingerprint density at radius 2 is 1.96 bits per heavy atom. The first-order valence-electron chi connectivity index (χ1n) is 8.04. The standard InChI is InChI=1S/C17H27ClN4.HI/c1-13(2)22-10-8-15(9-11-22)21-17(19-3)20-12-14-6-4-5-7-16(14)18;/h4-7,13,15H,8-12H2,1-3H3,(H2,19,20,21);1H. The lowest BCUT2D eigenvalue weighted by atomic mass is 10.0. The Labute approximate surface area is 162 Å². The summed E-state index contributed by atoms with van der Waals surface area (Å²) >= 11 is 6.18. The topological polar surface area (TPSA) is 39.7 Å². The molecule has 23 heavy (non-hydrogen) atoms. The SMILES string of the molecule is CN=C(NCc1ccccc1Cl)NC1CCN(C(C)C)CC1.I. The average Bonchev–Trinajstić information content (AvgIpc) is 2.53. The number of likely N-dealkylation sites (tertiary alicyclic amines) is 1. The number of aliphatic imine (C=N–C) groups is 1. The number of hydrogen-bond donors (Lipinski definition) is 2. The lowest BCUT2D eigenvalue weighted by Gasteiger charge is -2.35. The fourth-order valence-corrected chi connectivity index (χ4v) is 2.97. The van der Waals surface area contributed by atoms with Gasteiger partial charge in [-0.1, -0.05) is 29.8 Å². The van der Waals surface area contributed by atoms with Crippen LogP contribution in [0.4, 0.5) is 0 Å². The van der Waals surface area contributed by atoms with E-state index in [0.29, 0.717) is 18.6 Å². The Morgan fingerprint density at radius 1 is 1.30 bits per heavy atom. The molecule has 1 fully saturated rings. The molecule has 0 bridgehead atoms. The van der Waals surface area contributed by atoms with Crippen LogP contribution in [0.1, 0.15) is 32.3 Å². The minimum Gasteiger partial charge on any atom is -0.354 e. The van der Waals surface area contributed by atoms with E-state index in [1.807, 2.05) is 31.3 Å². The fraction of sp³-hybridized carbons (Fsp3) is 0.588. The van der Waals surface area contributed by atoms with Crippen LogP contribution in [-0.4, -0.2) is 43.1 Å². The molecule has 2 rings (SSSR count). The van der Waals surface area contributed by atoms with Gasteiger partial charge in [-0.2, -0.15) is 0 Å². The number of halogens is 2. The highest BCUT2D eigenvalue weighted by atomic mass is 127. The molecule has 1 heterocycles. The lowest BCUT2D eigenvalue weighted by molar-refractivity contribution is 0.167. The van der Waals surface area contributed by atoms with Crippen LogP contribution in [0, 0.1) is 0 Å². The smallest absolute Gasteiger partial charge is 0.191 e. The van der Waals surface area contributed by atoms with E-state index in [0.717, 1.165) is 42.5 Å². The first-order valence-corrected chi connectivity index (χ1v) is 8.42. The van der Waals surface area contributed by atoms with Crippen molar-refractivity contribution in [2.75, 3.05) is 20.1 Å². The van der Waals surface area contributed by atoms with E-state index >= 15 is 0 Å². The quantitative estimate of drug-likeness (QED) is 0.419. The van der Waals surface area contributed by atoms with Gasteiger partial charge in [0, 0.05) is 43.8 Å². The third kappa shape index (κ3) is 6.47. The van der Waals surface area contributed by atoms with Gasteiger partial charge in [0.1, 0.15) is 0 Å². The summed E-state index contributed by atoms with van der Waals surface area (Å²) in [6.07, 6.45) is 2.32. The molecule has 0 unspecified atom stereocenters. The minimum absolute atomic E-state index is 0. The summed E-state index contributed by atoms with van der Waals surface area (Å²) in [5, 5.41) is 7.66. The van der Waals surface area contributed by atoms with E-state index < -0.39 is 0 Å². The maximum absolute atomic E-state index is 6.18. The molecule has 6 heteroatoms. The van der Waals surface area contributed by atoms with Gasteiger partial charge in [0.25, 0.3) is 0 Å². The number of nitrogens with one attached hydrogen (secondary N) is 2. The highest BCUT2D eigenvalue weighted by molar-refractivity contribution is 14.0. The second-order valence-corrected chi connectivity index (χ2v) is 6.47. The number of benzene rings is 1. The molecule has 2 N–H and O–H groups in total. The average molecular weight is 451 g/mol. The molecule has 1 aromatic rings. The number of piperidine rings is 1. The fourth-order valence-electron chi connectivity index (χ4n) is 2.77. The van der Waals surface area contributed by atoms with Crippen LogP contribution in [0.5, 0.6) is 0 Å². The molecule has 1 aliphatic rings. The molecule has 1 saturated heterocycles. The van der Waals surface area contributed by atoms with Gasteiger partial charge in [-0.05, 0) is 38.3 Å². The lowest BCUT2D eigenvalue weighted by Crippen LogP contribution is -2.49. The van der Waals surface area contributed by atoms with Gasteiger partial charge in [0.05, 0.1) is 0 Å². The van der Waals surface area contributed by atoms with Gasteiger partial charge in [-0.3, -0.25) is 4.99 Å². The van der Waals surface area contributed by atoms with Gasteiger partial charge in [-0.15, -0.1) is 24.0 Å². The van der Waals surface area contributed by atoms with Crippen molar-refractivity contribution in [3.05, 3.63) is 34.9 Å². The van der Waals surface area contributed by atoms with E-state index in [9.17, 15) is 0 Å². The predicted octanol–water partition coefficient (Wildman–Crippen LogP) is 3.50. The maximum atomic E-state index is 6.18. The third-order valence-corrected chi connectivity index (χ3v) is 4.60. The summed E-state index contributed by atoms with van der Waals surface area (Å²) in [6, 6.07) is 9.02. The monoisotopic (exact) mass is 450 g/mol. The third-order valence-electron chi connectivity index (χ3n) is 4.23. The molecule has 0 spiro atoms. The van der Waals surface area contributed by atoms with E-state index in [1.165, 1.54) is 0 Å². The molecule has 4 nitrogen and oxygen atoms in total. The van der Waals surface area contributed by atoms with Crippen LogP contribution in [-0.2, 0) is 6.54 Å². The molecule has 130 valence electrons. The second-order valence-electron chi connectivity index (χ2n) is 6.07. The summed E-state index contributed by atoms with van der Waals surface area (Å²) < 4.78 is 0. The Hall–Kier alpha value is -0.530. The first kappa shape index (κ1) is 20.5. The summed E-state index contributed by atoms with van der Waals surface area (Å²) in [7, 11) is 1.81. The molecule has 0 atom stereocenters. The predicted molar refractivity (Wildman–Crippen MR) is 110 cm³/mol. The normalized spacial score (nSPS) is 17.0. The zero-order chi connectivity index (χ0) is 15.9. The van der Waals surface area contributed by atoms with E-state index in [4.69, 9.17) is 11.6 Å². The second kappa shape index (κ2) is 10.4. The summed E-state index contributed by atoms with van der Waals surface area (Å²) in [6.45, 7) is 7.51. The van der Waals surface area contributed by atoms with Crippen LogP contribution in [0.3, 0.4) is 0 Å². The van der Waals surface area contributed by atoms with E-state index in [2.05, 4.69) is 34.4 Å². The van der Waals surface area contributed by atoms with Crippen LogP contribution in [0.2, 0.25) is 5.02 Å². The molecule has 0 amide bonds. The van der Waals surface area contributed by atoms with Crippen molar-refractivity contribution in [2.24, 2.45) is 4.99 Å². The first-order chi connectivity index (χ1) is 10.6. The van der Waals surface area contributed by atoms with Crippen molar-refractivity contribution in [1.29, 1.82) is 0 Å². The van der Waals surface area contributed by atoms with Crippen molar-refractivity contribution in [2.45, 2.75) is 45.3 Å². The van der Waals surface area contributed by atoms with Crippen molar-refractivity contribution in [3.8, 4) is 0 Å². The minimum atomic E-state index is 0. The Kier molecular flexibility index (Phi) is 9.24. The number of guanidine groups is 1. The van der Waals surface area contributed by atoms with E-state index in [1.54, 1.807) is 0 Å². The van der Waals surface area contributed by atoms with Crippen LogP contribution < -0.4 is 10.6 Å². The van der Waals surface area contributed by atoms with Crippen LogP contribution in [0.15, 0.2) is 29.3 Å². The van der Waals surface area contributed by atoms with Gasteiger partial charge in [-0.25, -0.2) is 0 Å². The number of hydrogen-bond acceptors (Lipinski definition) is 2. The molecule has 0 aliphatic carbocycles. The van der Waals surface area contributed by atoms with Crippen molar-refractivity contribution < 1.29 is 0 Å². The molecule has 1 aromatic carbocycles. The van der Waals surface area contributed by atoms with Gasteiger partial charge >= 0.3 is 0 Å². The van der Waals surface area contributed by atoms with Gasteiger partial charge < -0.3 is 15.5 Å². The van der Waals surface area contributed by atoms with Crippen molar-refractivity contribution in [3.63, 3.8) is 0 Å². The zero-order valence-electron chi connectivity index (χ0n) is 14.2. The summed E-state index contributed by atoms with van der Waals surface area (Å²) in [5.41, 5.74) is 1.08. The molecule has 0 saturated carbocycles. The Bertz CT molecular complexity index is 499. The van der Waals surface area contributed by atoms with Crippen molar-refractivity contribution in [1.82, 2.24) is 15.5 Å². The Balaban J connectivity index is 0.00000264. The number of nitrogens with zero attached hydrogens (tertiary/aromatic N) is 2. The summed E-state index contributed by atoms with van der Waals surface area (Å²) in [5.74, 6) is 0.850. The van der Waals surface area contributed by atoms with Gasteiger partial charge in [0.2, 0.25) is 0 Å².